The Balaban J connectivity index is 1.70. The van der Waals surface area contributed by atoms with Gasteiger partial charge in [0.15, 0.2) is 0 Å². The van der Waals surface area contributed by atoms with Gasteiger partial charge in [0.2, 0.25) is 5.91 Å². The molecule has 0 N–H and O–H groups in total. The summed E-state index contributed by atoms with van der Waals surface area (Å²) in [4.78, 5) is 18.5. The van der Waals surface area contributed by atoms with Gasteiger partial charge in [0.1, 0.15) is 0 Å². The van der Waals surface area contributed by atoms with Gasteiger partial charge in [-0.25, -0.2) is 4.98 Å². The molecule has 144 valence electrons. The van der Waals surface area contributed by atoms with Crippen LogP contribution in [0.25, 0.3) is 22.5 Å². The van der Waals surface area contributed by atoms with Crippen LogP contribution in [-0.2, 0) is 11.3 Å². The minimum absolute atomic E-state index is 0.165. The Morgan fingerprint density at radius 3 is 2.57 bits per heavy atom. The Morgan fingerprint density at radius 2 is 1.86 bits per heavy atom. The third kappa shape index (κ3) is 3.97. The molecule has 4 nitrogen and oxygen atoms in total. The average Bonchev–Trinajstić information content (AvgIpc) is 3.13. The number of rotatable bonds is 4. The van der Waals surface area contributed by atoms with Crippen LogP contribution >= 0.6 is 11.6 Å². The zero-order chi connectivity index (χ0) is 19.5. The number of likely N-dealkylation sites (tertiary alicyclic amines) is 1. The second-order valence-electron chi connectivity index (χ2n) is 7.44. The molecule has 2 heterocycles. The van der Waals surface area contributed by atoms with Gasteiger partial charge in [0.25, 0.3) is 0 Å². The molecule has 1 saturated heterocycles. The second-order valence-corrected chi connectivity index (χ2v) is 7.88. The van der Waals surface area contributed by atoms with Crippen LogP contribution in [0.5, 0.6) is 0 Å². The van der Waals surface area contributed by atoms with Gasteiger partial charge in [-0.1, -0.05) is 54.1 Å². The van der Waals surface area contributed by atoms with Crippen molar-refractivity contribution in [2.75, 3.05) is 13.1 Å². The first-order valence-corrected chi connectivity index (χ1v) is 10.1. The smallest absolute Gasteiger partial charge is 0.219 e. The molecule has 1 amide bonds. The lowest BCUT2D eigenvalue weighted by molar-refractivity contribution is -0.130. The summed E-state index contributed by atoms with van der Waals surface area (Å²) < 4.78 is 2.24. The maximum atomic E-state index is 11.8. The molecule has 0 spiro atoms. The van der Waals surface area contributed by atoms with Crippen LogP contribution in [0.3, 0.4) is 0 Å². The van der Waals surface area contributed by atoms with Crippen molar-refractivity contribution >= 4 is 17.5 Å². The lowest BCUT2D eigenvalue weighted by Crippen LogP contribution is -2.39. The molecule has 0 bridgehead atoms. The van der Waals surface area contributed by atoms with Crippen LogP contribution in [0.15, 0.2) is 60.9 Å². The van der Waals surface area contributed by atoms with E-state index in [0.717, 1.165) is 60.0 Å². The number of carbonyl (C=O) groups excluding carboxylic acids is 1. The maximum absolute atomic E-state index is 11.8. The third-order valence-corrected chi connectivity index (χ3v) is 5.67. The fraction of sp³-hybridized carbons (Fsp3) is 0.304. The molecule has 28 heavy (non-hydrogen) atoms. The van der Waals surface area contributed by atoms with E-state index >= 15 is 0 Å². The largest absolute Gasteiger partial charge is 0.343 e. The number of carbonyl (C=O) groups is 1. The molecule has 1 aliphatic heterocycles. The summed E-state index contributed by atoms with van der Waals surface area (Å²) in [6, 6.07) is 18.2. The normalized spacial score (nSPS) is 16.9. The van der Waals surface area contributed by atoms with Crippen LogP contribution in [0, 0.1) is 5.92 Å². The summed E-state index contributed by atoms with van der Waals surface area (Å²) in [6.07, 6.45) is 4.11. The van der Waals surface area contributed by atoms with Crippen LogP contribution < -0.4 is 0 Å². The summed E-state index contributed by atoms with van der Waals surface area (Å²) in [5.74, 6) is 0.597. The predicted octanol–water partition coefficient (Wildman–Crippen LogP) is 5.13. The van der Waals surface area contributed by atoms with E-state index in [4.69, 9.17) is 16.6 Å². The number of aromatic nitrogens is 2. The van der Waals surface area contributed by atoms with Crippen LogP contribution in [-0.4, -0.2) is 33.4 Å². The molecule has 1 fully saturated rings. The third-order valence-electron chi connectivity index (χ3n) is 5.42. The average molecular weight is 394 g/mol. The Hall–Kier alpha value is -2.59. The number of nitrogens with zero attached hydrogens (tertiary/aromatic N) is 3. The first-order valence-electron chi connectivity index (χ1n) is 9.74. The van der Waals surface area contributed by atoms with Gasteiger partial charge in [-0.2, -0.15) is 0 Å². The first kappa shape index (κ1) is 18.8. The standard InChI is InChI=1S/C23H24ClN3O/c1-17(28)26-13-5-6-18(14-26)15-27-16-25-22(19-7-3-2-4-8-19)23(27)20-9-11-21(24)12-10-20/h2-4,7-12,16,18H,5-6,13-15H2,1H3/t18-/m1/s1. The van der Waals surface area contributed by atoms with Gasteiger partial charge in [-0.3, -0.25) is 4.79 Å². The summed E-state index contributed by atoms with van der Waals surface area (Å²) >= 11 is 6.11. The number of halogens is 1. The SMILES string of the molecule is CC(=O)N1CCC[C@@H](Cn2cnc(-c3ccccc3)c2-c2ccc(Cl)cc2)C1. The number of piperidine rings is 1. The van der Waals surface area contributed by atoms with Gasteiger partial charge in [-0.15, -0.1) is 0 Å². The quantitative estimate of drug-likeness (QED) is 0.616. The van der Waals surface area contributed by atoms with E-state index in [0.29, 0.717) is 5.92 Å². The van der Waals surface area contributed by atoms with E-state index < -0.39 is 0 Å². The van der Waals surface area contributed by atoms with Crippen LogP contribution in [0.2, 0.25) is 5.02 Å². The Kier molecular flexibility index (Phi) is 5.49. The van der Waals surface area contributed by atoms with Gasteiger partial charge in [0, 0.05) is 42.7 Å². The molecule has 2 aromatic carbocycles. The number of benzene rings is 2. The molecule has 0 radical (unpaired) electrons. The van der Waals surface area contributed by atoms with Gasteiger partial charge in [0.05, 0.1) is 17.7 Å². The van der Waals surface area contributed by atoms with E-state index in [1.807, 2.05) is 53.7 Å². The van der Waals surface area contributed by atoms with Gasteiger partial charge >= 0.3 is 0 Å². The van der Waals surface area contributed by atoms with E-state index in [2.05, 4.69) is 16.7 Å². The molecule has 1 atom stereocenters. The van der Waals surface area contributed by atoms with Crippen molar-refractivity contribution in [2.24, 2.45) is 5.92 Å². The molecular formula is C23H24ClN3O. The van der Waals surface area contributed by atoms with Crippen molar-refractivity contribution < 1.29 is 4.79 Å². The van der Waals surface area contributed by atoms with E-state index in [-0.39, 0.29) is 5.91 Å². The number of hydrogen-bond donors (Lipinski definition) is 0. The fourth-order valence-electron chi connectivity index (χ4n) is 4.02. The molecule has 0 unspecified atom stereocenters. The predicted molar refractivity (Wildman–Crippen MR) is 113 cm³/mol. The molecule has 1 aromatic heterocycles. The van der Waals surface area contributed by atoms with Crippen molar-refractivity contribution in [3.8, 4) is 22.5 Å². The highest BCUT2D eigenvalue weighted by molar-refractivity contribution is 6.30. The molecule has 4 rings (SSSR count). The molecule has 0 aliphatic carbocycles. The Labute approximate surface area is 170 Å². The van der Waals surface area contributed by atoms with Crippen molar-refractivity contribution in [3.63, 3.8) is 0 Å². The summed E-state index contributed by atoms with van der Waals surface area (Å²) in [5, 5.41) is 0.723. The minimum atomic E-state index is 0.165. The van der Waals surface area contributed by atoms with E-state index in [1.165, 1.54) is 0 Å². The van der Waals surface area contributed by atoms with Gasteiger partial charge < -0.3 is 9.47 Å². The maximum Gasteiger partial charge on any atom is 0.219 e. The molecule has 1 aliphatic rings. The number of imidazole rings is 1. The first-order chi connectivity index (χ1) is 13.6. The summed E-state index contributed by atoms with van der Waals surface area (Å²) in [7, 11) is 0. The van der Waals surface area contributed by atoms with Crippen molar-refractivity contribution in [1.29, 1.82) is 0 Å². The van der Waals surface area contributed by atoms with Crippen molar-refractivity contribution in [2.45, 2.75) is 26.3 Å². The highest BCUT2D eigenvalue weighted by atomic mass is 35.5. The molecule has 3 aromatic rings. The monoisotopic (exact) mass is 393 g/mol. The zero-order valence-corrected chi connectivity index (χ0v) is 16.8. The lowest BCUT2D eigenvalue weighted by atomic mass is 9.97. The lowest BCUT2D eigenvalue weighted by Gasteiger charge is -2.32. The second kappa shape index (κ2) is 8.19. The van der Waals surface area contributed by atoms with Crippen molar-refractivity contribution in [3.05, 3.63) is 65.9 Å². The zero-order valence-electron chi connectivity index (χ0n) is 16.0. The molecule has 0 saturated carbocycles. The molecular weight excluding hydrogens is 370 g/mol. The molecule has 5 heteroatoms. The van der Waals surface area contributed by atoms with Crippen LogP contribution in [0.4, 0.5) is 0 Å². The number of hydrogen-bond acceptors (Lipinski definition) is 2. The minimum Gasteiger partial charge on any atom is -0.343 e. The van der Waals surface area contributed by atoms with Crippen LogP contribution in [0.1, 0.15) is 19.8 Å². The van der Waals surface area contributed by atoms with E-state index in [1.54, 1.807) is 6.92 Å². The number of amides is 1. The Morgan fingerprint density at radius 1 is 1.11 bits per heavy atom. The highest BCUT2D eigenvalue weighted by Gasteiger charge is 2.24. The summed E-state index contributed by atoms with van der Waals surface area (Å²) in [6.45, 7) is 4.19. The fourth-order valence-corrected chi connectivity index (χ4v) is 4.14. The van der Waals surface area contributed by atoms with E-state index in [9.17, 15) is 4.79 Å². The van der Waals surface area contributed by atoms with Crippen molar-refractivity contribution in [1.82, 2.24) is 14.5 Å². The topological polar surface area (TPSA) is 38.1 Å². The Bertz CT molecular complexity index is 950. The van der Waals surface area contributed by atoms with Gasteiger partial charge in [-0.05, 0) is 30.9 Å². The summed E-state index contributed by atoms with van der Waals surface area (Å²) in [5.41, 5.74) is 4.27. The highest BCUT2D eigenvalue weighted by Crippen LogP contribution is 2.33.